The van der Waals surface area contributed by atoms with Crippen LogP contribution in [0.15, 0.2) is 109 Å². The molecule has 10 heteroatoms. The Morgan fingerprint density at radius 2 is 0.627 bits per heavy atom. The Morgan fingerprint density at radius 1 is 0.361 bits per heavy atom. The van der Waals surface area contributed by atoms with Crippen molar-refractivity contribution in [2.75, 3.05) is 26.4 Å². The first-order valence-electron chi connectivity index (χ1n) is 34.4. The van der Waals surface area contributed by atoms with E-state index in [2.05, 4.69) is 123 Å². The van der Waals surface area contributed by atoms with E-state index in [9.17, 15) is 19.0 Å². The van der Waals surface area contributed by atoms with Crippen LogP contribution in [0.5, 0.6) is 0 Å². The van der Waals surface area contributed by atoms with Crippen molar-refractivity contribution in [1.29, 1.82) is 0 Å². The summed E-state index contributed by atoms with van der Waals surface area (Å²) in [5, 5.41) is 0. The van der Waals surface area contributed by atoms with E-state index in [1.54, 1.807) is 0 Å². The van der Waals surface area contributed by atoms with E-state index in [1.165, 1.54) is 173 Å². The molecule has 0 radical (unpaired) electrons. The highest BCUT2D eigenvalue weighted by Crippen LogP contribution is 2.43. The van der Waals surface area contributed by atoms with E-state index < -0.39 is 26.5 Å². The first kappa shape index (κ1) is 79.7. The lowest BCUT2D eigenvalue weighted by molar-refractivity contribution is -0.161. The number of carbonyl (C=O) groups excluding carboxylic acids is 2. The van der Waals surface area contributed by atoms with Gasteiger partial charge in [-0.1, -0.05) is 309 Å². The van der Waals surface area contributed by atoms with Gasteiger partial charge in [0.1, 0.15) is 6.61 Å². The van der Waals surface area contributed by atoms with Gasteiger partial charge in [0.2, 0.25) is 0 Å². The van der Waals surface area contributed by atoms with Crippen molar-refractivity contribution in [1.82, 2.24) is 0 Å². The van der Waals surface area contributed by atoms with Crippen LogP contribution in [0.4, 0.5) is 0 Å². The molecular weight excluding hydrogens is 1050 g/mol. The molecule has 0 aromatic heterocycles. The number of allylic oxidation sites excluding steroid dienone is 18. The van der Waals surface area contributed by atoms with Gasteiger partial charge in [0.25, 0.3) is 0 Å². The highest BCUT2D eigenvalue weighted by Gasteiger charge is 2.26. The maximum Gasteiger partial charge on any atom is 0.472 e. The fourth-order valence-corrected chi connectivity index (χ4v) is 10.4. The zero-order valence-corrected chi connectivity index (χ0v) is 54.5. The summed E-state index contributed by atoms with van der Waals surface area (Å²) in [6.45, 7) is 3.55. The van der Waals surface area contributed by atoms with Gasteiger partial charge in [0, 0.05) is 19.4 Å². The van der Waals surface area contributed by atoms with Crippen LogP contribution >= 0.6 is 7.82 Å². The van der Waals surface area contributed by atoms with Crippen molar-refractivity contribution >= 4 is 19.8 Å². The van der Waals surface area contributed by atoms with Gasteiger partial charge in [0.05, 0.1) is 13.2 Å². The normalized spacial score (nSPS) is 13.6. The summed E-state index contributed by atoms with van der Waals surface area (Å²) in [5.41, 5.74) is 5.40. The Bertz CT molecular complexity index is 1730. The second-order valence-corrected chi connectivity index (χ2v) is 24.1. The minimum Gasteiger partial charge on any atom is -0.462 e. The van der Waals surface area contributed by atoms with Gasteiger partial charge in [-0.15, -0.1) is 0 Å². The van der Waals surface area contributed by atoms with Crippen LogP contribution < -0.4 is 5.73 Å². The van der Waals surface area contributed by atoms with Gasteiger partial charge in [-0.25, -0.2) is 4.57 Å². The standard InChI is InChI=1S/C73H128NO8P/c1-3-5-7-9-11-13-15-17-19-21-23-25-27-29-31-32-33-34-35-36-37-38-40-41-43-45-47-49-51-53-55-57-59-61-63-65-72(75)79-69-71(70-81-83(77,78)80-68-67-74)82-73(76)66-64-62-60-58-56-54-52-50-48-46-44-42-39-30-28-26-24-22-20-18-16-14-12-10-8-6-4-2/h5-8,11-14,17-20,23-26,30,39,71H,3-4,9-10,15-16,21-22,27-29,31-38,40-70,74H2,1-2H3,(H,77,78)/b7-5-,8-6-,13-11-,14-12-,19-17-,20-18-,25-23-,26-24-,39-30-. The number of unbranched alkanes of at least 4 members (excludes halogenated alkanes) is 33. The molecule has 478 valence electrons. The van der Waals surface area contributed by atoms with E-state index >= 15 is 0 Å². The monoisotopic (exact) mass is 1180 g/mol. The first-order chi connectivity index (χ1) is 40.8. The number of phosphoric ester groups is 1. The quantitative estimate of drug-likeness (QED) is 0.0264. The Morgan fingerprint density at radius 3 is 0.928 bits per heavy atom. The Kier molecular flexibility index (Phi) is 65.1. The Balaban J connectivity index is 3.86. The van der Waals surface area contributed by atoms with Crippen molar-refractivity contribution < 1.29 is 37.6 Å². The lowest BCUT2D eigenvalue weighted by atomic mass is 10.0. The molecule has 83 heavy (non-hydrogen) atoms. The zero-order valence-electron chi connectivity index (χ0n) is 53.7. The number of hydrogen-bond donors (Lipinski definition) is 2. The molecule has 0 amide bonds. The lowest BCUT2D eigenvalue weighted by Crippen LogP contribution is -2.29. The van der Waals surface area contributed by atoms with Crippen molar-refractivity contribution in [2.45, 2.75) is 315 Å². The molecule has 0 spiro atoms. The van der Waals surface area contributed by atoms with Gasteiger partial charge in [-0.2, -0.15) is 0 Å². The molecule has 0 aromatic carbocycles. The molecule has 2 atom stereocenters. The summed E-state index contributed by atoms with van der Waals surface area (Å²) in [7, 11) is -4.40. The van der Waals surface area contributed by atoms with Crippen molar-refractivity contribution in [3.8, 4) is 0 Å². The first-order valence-corrected chi connectivity index (χ1v) is 35.9. The average molecular weight is 1180 g/mol. The van der Waals surface area contributed by atoms with Gasteiger partial charge in [0.15, 0.2) is 6.10 Å². The maximum atomic E-state index is 12.8. The summed E-state index contributed by atoms with van der Waals surface area (Å²) >= 11 is 0. The third-order valence-electron chi connectivity index (χ3n) is 14.7. The molecule has 0 rings (SSSR count). The summed E-state index contributed by atoms with van der Waals surface area (Å²) < 4.78 is 33.2. The van der Waals surface area contributed by atoms with Gasteiger partial charge < -0.3 is 20.1 Å². The zero-order chi connectivity index (χ0) is 60.1. The van der Waals surface area contributed by atoms with Crippen molar-refractivity contribution in [3.05, 3.63) is 109 Å². The molecule has 0 bridgehead atoms. The van der Waals surface area contributed by atoms with Crippen LogP contribution in [0, 0.1) is 0 Å². The van der Waals surface area contributed by atoms with Crippen LogP contribution in [-0.2, 0) is 32.7 Å². The minimum atomic E-state index is -4.40. The van der Waals surface area contributed by atoms with Crippen LogP contribution in [-0.4, -0.2) is 49.3 Å². The maximum absolute atomic E-state index is 12.8. The highest BCUT2D eigenvalue weighted by atomic mass is 31.2. The van der Waals surface area contributed by atoms with Crippen LogP contribution in [0.2, 0.25) is 0 Å². The van der Waals surface area contributed by atoms with Crippen molar-refractivity contribution in [3.63, 3.8) is 0 Å². The van der Waals surface area contributed by atoms with Gasteiger partial charge in [-0.05, 0) is 96.3 Å². The smallest absolute Gasteiger partial charge is 0.462 e. The minimum absolute atomic E-state index is 0.0502. The second-order valence-electron chi connectivity index (χ2n) is 22.6. The largest absolute Gasteiger partial charge is 0.472 e. The number of esters is 2. The number of phosphoric acid groups is 1. The van der Waals surface area contributed by atoms with E-state index in [0.717, 1.165) is 103 Å². The molecule has 3 N–H and O–H groups in total. The van der Waals surface area contributed by atoms with Gasteiger partial charge in [-0.3, -0.25) is 18.6 Å². The number of ether oxygens (including phenoxy) is 2. The highest BCUT2D eigenvalue weighted by molar-refractivity contribution is 7.47. The summed E-state index contributed by atoms with van der Waals surface area (Å²) in [4.78, 5) is 35.4. The fourth-order valence-electron chi connectivity index (χ4n) is 9.66. The molecule has 0 aliphatic rings. The van der Waals surface area contributed by atoms with Gasteiger partial charge >= 0.3 is 19.8 Å². The summed E-state index contributed by atoms with van der Waals surface area (Å²) in [6, 6.07) is 0. The third kappa shape index (κ3) is 67.7. The SMILES string of the molecule is CC/C=C\C/C=C\C/C=C\C/C=C\C/C=C\CCCCCCCCCCCCCC(=O)OC(COC(=O)CCCCCCCCCCCCCCCCCCCCCCCC/C=C\C/C=C\C/C=C\C/C=C\CC)COP(=O)(O)OCCN. The Hall–Kier alpha value is -3.33. The molecule has 0 fully saturated rings. The molecular formula is C73H128NO8P. The fraction of sp³-hybridized carbons (Fsp3) is 0.726. The van der Waals surface area contributed by atoms with Crippen molar-refractivity contribution in [2.24, 2.45) is 5.73 Å². The third-order valence-corrected chi connectivity index (χ3v) is 15.6. The topological polar surface area (TPSA) is 134 Å². The second kappa shape index (κ2) is 67.8. The van der Waals surface area contributed by atoms with E-state index in [4.69, 9.17) is 24.3 Å². The van der Waals surface area contributed by atoms with E-state index in [-0.39, 0.29) is 38.6 Å². The predicted octanol–water partition coefficient (Wildman–Crippen LogP) is 22.5. The van der Waals surface area contributed by atoms with E-state index in [1.807, 2.05) is 0 Å². The lowest BCUT2D eigenvalue weighted by Gasteiger charge is -2.19. The summed E-state index contributed by atoms with van der Waals surface area (Å²) in [6.07, 6.45) is 93.2. The molecule has 9 nitrogen and oxygen atoms in total. The molecule has 0 aromatic rings. The predicted molar refractivity (Wildman–Crippen MR) is 358 cm³/mol. The number of rotatable bonds is 64. The average Bonchev–Trinajstić information content (AvgIpc) is 3.48. The molecule has 0 saturated carbocycles. The molecule has 0 heterocycles. The van der Waals surface area contributed by atoms with Crippen LogP contribution in [0.3, 0.4) is 0 Å². The van der Waals surface area contributed by atoms with E-state index in [0.29, 0.717) is 6.42 Å². The Labute approximate surface area is 511 Å². The number of nitrogens with two attached hydrogens (primary N) is 1. The molecule has 2 unspecified atom stereocenters. The molecule has 0 aliphatic heterocycles. The van der Waals surface area contributed by atoms with Crippen LogP contribution in [0.25, 0.3) is 0 Å². The summed E-state index contributed by atoms with van der Waals surface area (Å²) in [5.74, 6) is -0.823. The number of hydrogen-bond acceptors (Lipinski definition) is 8. The number of carbonyl (C=O) groups is 2. The molecule has 0 saturated heterocycles. The molecule has 0 aliphatic carbocycles. The van der Waals surface area contributed by atoms with Crippen LogP contribution in [0.1, 0.15) is 309 Å².